The highest BCUT2D eigenvalue weighted by atomic mass is 32.2. The molecule has 1 fully saturated rings. The van der Waals surface area contributed by atoms with Crippen molar-refractivity contribution in [2.75, 3.05) is 24.7 Å². The van der Waals surface area contributed by atoms with Gasteiger partial charge in [0.15, 0.2) is 5.69 Å². The number of hydrogen-bond acceptors (Lipinski definition) is 7. The van der Waals surface area contributed by atoms with E-state index < -0.39 is 54.7 Å². The standard InChI is InChI=1S/C13H15F3N4O6S/c1-27(25,26)18-4-2-3-9(7-18)17-12-10(19(21)22)5-8(13(14,15)16)6-11(12)20(23)24/h5-6,9,17H,2-4,7H2,1H3. The van der Waals surface area contributed by atoms with Crippen LogP contribution >= 0.6 is 0 Å². The molecule has 14 heteroatoms. The van der Waals surface area contributed by atoms with Crippen molar-refractivity contribution >= 4 is 27.1 Å². The van der Waals surface area contributed by atoms with Crippen LogP contribution in [0.4, 0.5) is 30.2 Å². The molecular weight excluding hydrogens is 397 g/mol. The third-order valence-electron chi connectivity index (χ3n) is 4.02. The lowest BCUT2D eigenvalue weighted by molar-refractivity contribution is -0.392. The van der Waals surface area contributed by atoms with Gasteiger partial charge in [0.2, 0.25) is 10.0 Å². The number of rotatable bonds is 5. The van der Waals surface area contributed by atoms with Gasteiger partial charge < -0.3 is 5.32 Å². The Morgan fingerprint density at radius 1 is 1.19 bits per heavy atom. The van der Waals surface area contributed by atoms with Gasteiger partial charge in [-0.1, -0.05) is 0 Å². The maximum Gasteiger partial charge on any atom is 0.416 e. The minimum atomic E-state index is -5.01. The molecule has 1 unspecified atom stereocenters. The van der Waals surface area contributed by atoms with Crippen molar-refractivity contribution in [1.82, 2.24) is 4.31 Å². The van der Waals surface area contributed by atoms with Crippen LogP contribution in [0.1, 0.15) is 18.4 Å². The molecule has 0 bridgehead atoms. The molecule has 1 aromatic carbocycles. The zero-order valence-corrected chi connectivity index (χ0v) is 14.7. The molecule has 0 spiro atoms. The number of nitro groups is 2. The van der Waals surface area contributed by atoms with Crippen molar-refractivity contribution in [3.05, 3.63) is 37.9 Å². The van der Waals surface area contributed by atoms with Crippen molar-refractivity contribution in [3.8, 4) is 0 Å². The molecule has 1 aliphatic rings. The van der Waals surface area contributed by atoms with Gasteiger partial charge in [-0.15, -0.1) is 0 Å². The molecule has 1 aromatic rings. The van der Waals surface area contributed by atoms with E-state index in [1.807, 2.05) is 0 Å². The number of anilines is 1. The molecule has 27 heavy (non-hydrogen) atoms. The van der Waals surface area contributed by atoms with E-state index in [2.05, 4.69) is 5.32 Å². The Balaban J connectivity index is 2.48. The van der Waals surface area contributed by atoms with Crippen molar-refractivity contribution in [2.24, 2.45) is 0 Å². The normalized spacial score (nSPS) is 18.9. The van der Waals surface area contributed by atoms with Crippen molar-refractivity contribution in [2.45, 2.75) is 25.1 Å². The first-order valence-corrected chi connectivity index (χ1v) is 9.41. The third-order valence-corrected chi connectivity index (χ3v) is 5.29. The first-order chi connectivity index (χ1) is 12.3. The van der Waals surface area contributed by atoms with E-state index in [9.17, 15) is 41.8 Å². The minimum Gasteiger partial charge on any atom is -0.370 e. The summed E-state index contributed by atoms with van der Waals surface area (Å²) < 4.78 is 63.1. The molecule has 0 saturated carbocycles. The van der Waals surface area contributed by atoms with Crippen LogP contribution in [0.25, 0.3) is 0 Å². The van der Waals surface area contributed by atoms with Crippen LogP contribution in [0.2, 0.25) is 0 Å². The van der Waals surface area contributed by atoms with E-state index >= 15 is 0 Å². The summed E-state index contributed by atoms with van der Waals surface area (Å²) in [4.78, 5) is 20.1. The Hall–Kier alpha value is -2.48. The van der Waals surface area contributed by atoms with E-state index in [1.54, 1.807) is 0 Å². The van der Waals surface area contributed by atoms with Crippen LogP contribution in [0.3, 0.4) is 0 Å². The summed E-state index contributed by atoms with van der Waals surface area (Å²) >= 11 is 0. The number of nitro benzene ring substituents is 2. The molecule has 10 nitrogen and oxygen atoms in total. The van der Waals surface area contributed by atoms with Gasteiger partial charge in [0.1, 0.15) is 0 Å². The largest absolute Gasteiger partial charge is 0.416 e. The summed E-state index contributed by atoms with van der Waals surface area (Å²) in [5, 5.41) is 24.9. The molecule has 0 radical (unpaired) electrons. The molecule has 0 aliphatic carbocycles. The number of nitrogens with zero attached hydrogens (tertiary/aromatic N) is 3. The first kappa shape index (κ1) is 20.8. The van der Waals surface area contributed by atoms with Crippen LogP contribution in [0, 0.1) is 20.2 Å². The highest BCUT2D eigenvalue weighted by molar-refractivity contribution is 7.88. The minimum absolute atomic E-state index is 0.117. The van der Waals surface area contributed by atoms with Gasteiger partial charge in [-0.05, 0) is 12.8 Å². The quantitative estimate of drug-likeness (QED) is 0.579. The average molecular weight is 412 g/mol. The summed E-state index contributed by atoms with van der Waals surface area (Å²) in [6.07, 6.45) is -3.32. The average Bonchev–Trinajstić information content (AvgIpc) is 2.52. The summed E-state index contributed by atoms with van der Waals surface area (Å²) in [6.45, 7) is 0.0996. The molecule has 1 aliphatic heterocycles. The number of hydrogen-bond donors (Lipinski definition) is 1. The molecule has 1 saturated heterocycles. The van der Waals surface area contributed by atoms with Crippen LogP contribution in [-0.2, 0) is 16.2 Å². The molecule has 1 atom stereocenters. The van der Waals surface area contributed by atoms with Gasteiger partial charge in [0.05, 0.1) is 21.7 Å². The fraction of sp³-hybridized carbons (Fsp3) is 0.538. The van der Waals surface area contributed by atoms with E-state index in [-0.39, 0.29) is 25.2 Å². The van der Waals surface area contributed by atoms with Crippen LogP contribution < -0.4 is 5.32 Å². The van der Waals surface area contributed by atoms with Gasteiger partial charge in [-0.25, -0.2) is 12.7 Å². The van der Waals surface area contributed by atoms with E-state index in [0.717, 1.165) is 10.6 Å². The van der Waals surface area contributed by atoms with E-state index in [0.29, 0.717) is 12.8 Å². The van der Waals surface area contributed by atoms with Crippen LogP contribution in [0.15, 0.2) is 12.1 Å². The van der Waals surface area contributed by atoms with Gasteiger partial charge in [0, 0.05) is 31.3 Å². The van der Waals surface area contributed by atoms with Crippen LogP contribution in [0.5, 0.6) is 0 Å². The summed E-state index contributed by atoms with van der Waals surface area (Å²) in [5.41, 5.74) is -4.41. The summed E-state index contributed by atoms with van der Waals surface area (Å²) in [7, 11) is -3.55. The third kappa shape index (κ3) is 4.82. The Kier molecular flexibility index (Phi) is 5.60. The molecule has 150 valence electrons. The molecule has 2 rings (SSSR count). The molecule has 1 heterocycles. The van der Waals surface area contributed by atoms with Gasteiger partial charge >= 0.3 is 6.18 Å². The fourth-order valence-electron chi connectivity index (χ4n) is 2.78. The predicted molar refractivity (Wildman–Crippen MR) is 87.8 cm³/mol. The zero-order chi connectivity index (χ0) is 20.6. The summed E-state index contributed by atoms with van der Waals surface area (Å²) in [5.74, 6) is 0. The number of alkyl halides is 3. The lowest BCUT2D eigenvalue weighted by Gasteiger charge is -2.31. The maximum atomic E-state index is 12.9. The number of nitrogens with one attached hydrogen (secondary N) is 1. The highest BCUT2D eigenvalue weighted by Gasteiger charge is 2.38. The second-order valence-electron chi connectivity index (χ2n) is 6.01. The Morgan fingerprint density at radius 2 is 1.70 bits per heavy atom. The smallest absolute Gasteiger partial charge is 0.370 e. The van der Waals surface area contributed by atoms with Gasteiger partial charge in [0.25, 0.3) is 11.4 Å². The monoisotopic (exact) mass is 412 g/mol. The number of benzene rings is 1. The fourth-order valence-corrected chi connectivity index (χ4v) is 3.69. The lowest BCUT2D eigenvalue weighted by Crippen LogP contribution is -2.44. The van der Waals surface area contributed by atoms with E-state index in [4.69, 9.17) is 0 Å². The van der Waals surface area contributed by atoms with Crippen molar-refractivity contribution in [3.63, 3.8) is 0 Å². The number of sulfonamides is 1. The van der Waals surface area contributed by atoms with Gasteiger partial charge in [-0.2, -0.15) is 13.2 Å². The second-order valence-corrected chi connectivity index (χ2v) is 7.99. The van der Waals surface area contributed by atoms with Gasteiger partial charge in [-0.3, -0.25) is 20.2 Å². The molecule has 0 aromatic heterocycles. The maximum absolute atomic E-state index is 12.9. The molecule has 0 amide bonds. The summed E-state index contributed by atoms with van der Waals surface area (Å²) in [6, 6.07) is -0.304. The lowest BCUT2D eigenvalue weighted by atomic mass is 10.1. The highest BCUT2D eigenvalue weighted by Crippen LogP contribution is 2.41. The second kappa shape index (κ2) is 7.26. The predicted octanol–water partition coefficient (Wildman–Crippen LogP) is 2.36. The van der Waals surface area contributed by atoms with E-state index in [1.165, 1.54) is 0 Å². The van der Waals surface area contributed by atoms with Crippen molar-refractivity contribution < 1.29 is 31.4 Å². The zero-order valence-electron chi connectivity index (χ0n) is 13.9. The van der Waals surface area contributed by atoms with Crippen LogP contribution in [-0.4, -0.2) is 48.0 Å². The molecule has 1 N–H and O–H groups in total. The Bertz CT molecular complexity index is 838. The SMILES string of the molecule is CS(=O)(=O)N1CCCC(Nc2c([N+](=O)[O-])cc(C(F)(F)F)cc2[N+](=O)[O-])C1. The Labute approximate surface area is 151 Å². The molecular formula is C13H15F3N4O6S. The number of halogens is 3. The number of piperidine rings is 1. The Morgan fingerprint density at radius 3 is 2.11 bits per heavy atom. The van der Waals surface area contributed by atoms with Crippen molar-refractivity contribution in [1.29, 1.82) is 0 Å². The topological polar surface area (TPSA) is 136 Å². The first-order valence-electron chi connectivity index (χ1n) is 7.56.